The molecule has 0 bridgehead atoms. The largest absolute Gasteiger partial charge is 0.344 e. The summed E-state index contributed by atoms with van der Waals surface area (Å²) in [4.78, 5) is 9.44. The minimum atomic E-state index is 0. The Balaban J connectivity index is -0.0000000450. The summed E-state index contributed by atoms with van der Waals surface area (Å²) in [6.45, 7) is 3.06. The maximum absolute atomic E-state index is 9.44. The molecule has 0 aliphatic carbocycles. The van der Waals surface area contributed by atoms with Gasteiger partial charge in [0.2, 0.25) is 0 Å². The van der Waals surface area contributed by atoms with Gasteiger partial charge in [0.1, 0.15) is 5.78 Å². The van der Waals surface area contributed by atoms with Gasteiger partial charge in [-0.2, -0.15) is 0 Å². The first-order chi connectivity index (χ1) is 1.73. The molecule has 3 heteroatoms. The van der Waals surface area contributed by atoms with Crippen molar-refractivity contribution in [2.24, 2.45) is 0 Å². The molecule has 3 N–H and O–H groups in total. The molecule has 0 atom stereocenters. The first kappa shape index (κ1) is 16.4. The molecule has 43 valence electrons. The normalized spacial score (nSPS) is 4.33. The van der Waals surface area contributed by atoms with Crippen LogP contribution in [0.5, 0.6) is 0 Å². The monoisotopic (exact) mass is 138 g/mol. The van der Waals surface area contributed by atoms with E-state index in [2.05, 4.69) is 0 Å². The van der Waals surface area contributed by atoms with Crippen molar-refractivity contribution >= 4 is 5.78 Å². The van der Waals surface area contributed by atoms with Crippen LogP contribution >= 0.6 is 0 Å². The number of carbonyl (C=O) groups excluding carboxylic acids is 1. The van der Waals surface area contributed by atoms with Crippen molar-refractivity contribution in [1.82, 2.24) is 6.15 Å². The van der Waals surface area contributed by atoms with E-state index in [9.17, 15) is 4.79 Å². The summed E-state index contributed by atoms with van der Waals surface area (Å²) in [6.07, 6.45) is 0. The second-order valence-electron chi connectivity index (χ2n) is 0.908. The van der Waals surface area contributed by atoms with E-state index in [1.54, 1.807) is 0 Å². The fraction of sp³-hybridized carbons (Fsp3) is 0.667. The van der Waals surface area contributed by atoms with Crippen LogP contribution in [0.15, 0.2) is 0 Å². The summed E-state index contributed by atoms with van der Waals surface area (Å²) in [5.41, 5.74) is 0. The van der Waals surface area contributed by atoms with E-state index in [1.165, 1.54) is 13.8 Å². The van der Waals surface area contributed by atoms with Crippen LogP contribution in [0.4, 0.5) is 0 Å². The van der Waals surface area contributed by atoms with Gasteiger partial charge in [-0.05, 0) is 13.8 Å². The number of rotatable bonds is 0. The molecule has 0 saturated carbocycles. The molecular weight excluding hydrogens is 130 g/mol. The van der Waals surface area contributed by atoms with Crippen LogP contribution in [-0.4, -0.2) is 5.78 Å². The van der Waals surface area contributed by atoms with Crippen LogP contribution in [-0.2, 0) is 21.9 Å². The fourth-order valence-electron chi connectivity index (χ4n) is 0. The molecule has 0 aromatic rings. The first-order valence-corrected chi connectivity index (χ1v) is 1.20. The Labute approximate surface area is 48.4 Å². The standard InChI is InChI=1S/C3H6O.Cu.H3N/c1-3(2)4;;/h1-2H3;;1H3. The first-order valence-electron chi connectivity index (χ1n) is 1.20. The zero-order valence-corrected chi connectivity index (χ0v) is 4.86. The summed E-state index contributed by atoms with van der Waals surface area (Å²) >= 11 is 0. The second kappa shape index (κ2) is 8.94. The number of Topliss-reactive ketones (excluding diaryl/α,β-unsaturated/α-hetero) is 1. The Morgan fingerprint density at radius 2 is 1.33 bits per heavy atom. The Hall–Kier alpha value is 0.149. The van der Waals surface area contributed by atoms with Crippen LogP contribution in [0, 0.1) is 0 Å². The number of carbonyl (C=O) groups is 1. The molecule has 0 amide bonds. The number of ketones is 1. The van der Waals surface area contributed by atoms with Gasteiger partial charge >= 0.3 is 0 Å². The van der Waals surface area contributed by atoms with Crippen LogP contribution in [0.2, 0.25) is 0 Å². The Morgan fingerprint density at radius 3 is 1.33 bits per heavy atom. The SMILES string of the molecule is CC(C)=O.N.[Cu]. The minimum absolute atomic E-state index is 0. The van der Waals surface area contributed by atoms with Crippen molar-refractivity contribution in [3.63, 3.8) is 0 Å². The molecule has 2 nitrogen and oxygen atoms in total. The molecule has 0 aliphatic rings. The van der Waals surface area contributed by atoms with Crippen molar-refractivity contribution < 1.29 is 21.9 Å². The molecule has 0 saturated heterocycles. The molecule has 0 heterocycles. The maximum Gasteiger partial charge on any atom is 0.126 e. The molecule has 0 aromatic carbocycles. The van der Waals surface area contributed by atoms with Gasteiger partial charge < -0.3 is 10.9 Å². The quantitative estimate of drug-likeness (QED) is 0.503. The van der Waals surface area contributed by atoms with Crippen LogP contribution in [0.25, 0.3) is 0 Å². The molecule has 0 aliphatic heterocycles. The summed E-state index contributed by atoms with van der Waals surface area (Å²) < 4.78 is 0. The average Bonchev–Trinajstić information content (AvgIpc) is 0.811. The van der Waals surface area contributed by atoms with Gasteiger partial charge in [-0.1, -0.05) is 0 Å². The van der Waals surface area contributed by atoms with E-state index < -0.39 is 0 Å². The van der Waals surface area contributed by atoms with Gasteiger partial charge in [0, 0.05) is 17.1 Å². The van der Waals surface area contributed by atoms with Gasteiger partial charge in [-0.15, -0.1) is 0 Å². The van der Waals surface area contributed by atoms with Gasteiger partial charge in [0.25, 0.3) is 0 Å². The minimum Gasteiger partial charge on any atom is -0.344 e. The van der Waals surface area contributed by atoms with E-state index in [0.717, 1.165) is 0 Å². The summed E-state index contributed by atoms with van der Waals surface area (Å²) in [5, 5.41) is 0. The van der Waals surface area contributed by atoms with E-state index in [-0.39, 0.29) is 29.0 Å². The Kier molecular flexibility index (Phi) is 24.5. The molecule has 0 aromatic heterocycles. The smallest absolute Gasteiger partial charge is 0.126 e. The third kappa shape index (κ3) is 1840. The van der Waals surface area contributed by atoms with Crippen molar-refractivity contribution in [3.8, 4) is 0 Å². The van der Waals surface area contributed by atoms with E-state index in [0.29, 0.717) is 0 Å². The average molecular weight is 139 g/mol. The summed E-state index contributed by atoms with van der Waals surface area (Å²) in [7, 11) is 0. The predicted octanol–water partition coefficient (Wildman–Crippen LogP) is 0.755. The Bertz CT molecular complexity index is 33.8. The van der Waals surface area contributed by atoms with E-state index in [1.807, 2.05) is 0 Å². The van der Waals surface area contributed by atoms with E-state index in [4.69, 9.17) is 0 Å². The molecule has 6 heavy (non-hydrogen) atoms. The van der Waals surface area contributed by atoms with Gasteiger partial charge in [-0.3, -0.25) is 0 Å². The third-order valence-electron chi connectivity index (χ3n) is 0. The molecule has 0 unspecified atom stereocenters. The molecule has 0 spiro atoms. The van der Waals surface area contributed by atoms with Crippen molar-refractivity contribution in [2.75, 3.05) is 0 Å². The zero-order valence-electron chi connectivity index (χ0n) is 3.92. The van der Waals surface area contributed by atoms with Gasteiger partial charge in [0.15, 0.2) is 0 Å². The van der Waals surface area contributed by atoms with Gasteiger partial charge in [-0.25, -0.2) is 0 Å². The molecular formula is C3H9CuNO. The van der Waals surface area contributed by atoms with Crippen LogP contribution in [0.3, 0.4) is 0 Å². The van der Waals surface area contributed by atoms with Crippen molar-refractivity contribution in [3.05, 3.63) is 0 Å². The molecule has 1 radical (unpaired) electrons. The second-order valence-corrected chi connectivity index (χ2v) is 0.908. The van der Waals surface area contributed by atoms with Crippen molar-refractivity contribution in [2.45, 2.75) is 13.8 Å². The summed E-state index contributed by atoms with van der Waals surface area (Å²) in [5.74, 6) is 0.167. The molecule has 0 rings (SSSR count). The predicted molar refractivity (Wildman–Crippen MR) is 21.4 cm³/mol. The topological polar surface area (TPSA) is 52.1 Å². The van der Waals surface area contributed by atoms with Crippen LogP contribution < -0.4 is 6.15 Å². The zero-order chi connectivity index (χ0) is 3.58. The molecule has 0 fully saturated rings. The van der Waals surface area contributed by atoms with Crippen LogP contribution in [0.1, 0.15) is 13.8 Å². The maximum atomic E-state index is 9.44. The van der Waals surface area contributed by atoms with Gasteiger partial charge in [0.05, 0.1) is 0 Å². The number of hydrogen-bond acceptors (Lipinski definition) is 2. The fourth-order valence-corrected chi connectivity index (χ4v) is 0. The summed E-state index contributed by atoms with van der Waals surface area (Å²) in [6, 6.07) is 0. The van der Waals surface area contributed by atoms with E-state index >= 15 is 0 Å². The van der Waals surface area contributed by atoms with Crippen molar-refractivity contribution in [1.29, 1.82) is 0 Å². The third-order valence-corrected chi connectivity index (χ3v) is 0. The number of hydrogen-bond donors (Lipinski definition) is 1. The Morgan fingerprint density at radius 1 is 1.33 bits per heavy atom.